The largest absolute Gasteiger partial charge is 0.508 e. The molecule has 0 fully saturated rings. The molecule has 0 aliphatic rings. The fourth-order valence-corrected chi connectivity index (χ4v) is 3.03. The van der Waals surface area contributed by atoms with Crippen LogP contribution in [0.3, 0.4) is 0 Å². The summed E-state index contributed by atoms with van der Waals surface area (Å²) >= 11 is 0. The Morgan fingerprint density at radius 3 is 1.22 bits per heavy atom. The summed E-state index contributed by atoms with van der Waals surface area (Å²) < 4.78 is 46.4. The first-order chi connectivity index (χ1) is 19.0. The van der Waals surface area contributed by atoms with Gasteiger partial charge in [0, 0.05) is 0 Å². The third-order valence-corrected chi connectivity index (χ3v) is 4.80. The Kier molecular flexibility index (Phi) is 18.1. The van der Waals surface area contributed by atoms with Gasteiger partial charge in [0.1, 0.15) is 38.6 Å². The molecule has 0 rings (SSSR count). The Morgan fingerprint density at radius 1 is 0.561 bits per heavy atom. The van der Waals surface area contributed by atoms with Crippen LogP contribution in [0.25, 0.3) is 0 Å². The van der Waals surface area contributed by atoms with Crippen molar-refractivity contribution in [3.63, 3.8) is 0 Å². The number of carbonyl (C=O) groups excluding carboxylic acids is 4. The molecule has 0 aliphatic carbocycles. The lowest BCUT2D eigenvalue weighted by Crippen LogP contribution is -2.41. The van der Waals surface area contributed by atoms with Gasteiger partial charge in [0.2, 0.25) is 0 Å². The van der Waals surface area contributed by atoms with Gasteiger partial charge in [-0.1, -0.05) is 0 Å². The van der Waals surface area contributed by atoms with Gasteiger partial charge in [-0.3, -0.25) is 0 Å². The van der Waals surface area contributed by atoms with Gasteiger partial charge in [0.05, 0.1) is 38.6 Å². The second kappa shape index (κ2) is 19.4. The van der Waals surface area contributed by atoms with Gasteiger partial charge in [-0.2, -0.15) is 0 Å². The Labute approximate surface area is 240 Å². The molecule has 0 bridgehead atoms. The third kappa shape index (κ3) is 17.6. The van der Waals surface area contributed by atoms with Gasteiger partial charge >= 0.3 is 24.2 Å². The van der Waals surface area contributed by atoms with Crippen LogP contribution in [0.15, 0.2) is 0 Å². The summed E-state index contributed by atoms with van der Waals surface area (Å²) in [6, 6.07) is 0. The van der Waals surface area contributed by atoms with Crippen molar-refractivity contribution in [1.29, 1.82) is 0 Å². The number of ether oxygens (including phenoxy) is 9. The van der Waals surface area contributed by atoms with Crippen LogP contribution >= 0.6 is 0 Å². The molecule has 0 radical (unpaired) electrons. The monoisotopic (exact) mass is 598 g/mol. The zero-order valence-corrected chi connectivity index (χ0v) is 25.2. The van der Waals surface area contributed by atoms with Crippen LogP contribution in [0.2, 0.25) is 0 Å². The summed E-state index contributed by atoms with van der Waals surface area (Å²) in [4.78, 5) is 47.7. The van der Waals surface area contributed by atoms with Gasteiger partial charge in [-0.25, -0.2) is 19.2 Å². The van der Waals surface area contributed by atoms with Crippen molar-refractivity contribution in [3.8, 4) is 0 Å². The molecule has 0 aromatic rings. The van der Waals surface area contributed by atoms with E-state index in [1.165, 1.54) is 27.7 Å². The second-order valence-corrected chi connectivity index (χ2v) is 10.1. The molecular formula is C26H46O15. The van der Waals surface area contributed by atoms with E-state index in [1.54, 1.807) is 27.7 Å². The number of hydrogen-bond acceptors (Lipinski definition) is 15. The van der Waals surface area contributed by atoms with Crippen molar-refractivity contribution in [2.75, 3.05) is 52.9 Å². The highest BCUT2D eigenvalue weighted by Gasteiger charge is 2.34. The summed E-state index contributed by atoms with van der Waals surface area (Å²) in [7, 11) is 0. The van der Waals surface area contributed by atoms with Gasteiger partial charge < -0.3 is 52.8 Å². The van der Waals surface area contributed by atoms with Crippen molar-refractivity contribution in [2.24, 2.45) is 0 Å². The number of esters is 2. The van der Waals surface area contributed by atoms with Crippen molar-refractivity contribution in [1.82, 2.24) is 0 Å². The molecule has 0 spiro atoms. The zero-order valence-electron chi connectivity index (χ0n) is 25.2. The molecule has 0 aromatic heterocycles. The van der Waals surface area contributed by atoms with E-state index in [2.05, 4.69) is 0 Å². The first-order valence-electron chi connectivity index (χ1n) is 13.2. The molecule has 240 valence electrons. The molecule has 15 nitrogen and oxygen atoms in total. The highest BCUT2D eigenvalue weighted by atomic mass is 16.7. The van der Waals surface area contributed by atoms with Gasteiger partial charge in [0.15, 0.2) is 11.2 Å². The summed E-state index contributed by atoms with van der Waals surface area (Å²) in [5.41, 5.74) is -2.62. The van der Waals surface area contributed by atoms with E-state index in [0.717, 1.165) is 0 Å². The molecule has 4 unspecified atom stereocenters. The third-order valence-electron chi connectivity index (χ3n) is 4.80. The lowest BCUT2D eigenvalue weighted by Gasteiger charge is -2.27. The fraction of sp³-hybridized carbons (Fsp3) is 0.846. The minimum atomic E-state index is -1.31. The molecule has 4 atom stereocenters. The summed E-state index contributed by atoms with van der Waals surface area (Å²) in [5, 5.41) is 17.5. The quantitative estimate of drug-likeness (QED) is 0.151. The first kappa shape index (κ1) is 38.3. The molecule has 0 heterocycles. The Hall–Kier alpha value is -2.72. The smallest absolute Gasteiger partial charge is 0.461 e. The number of carbonyl (C=O) groups is 4. The number of hydrogen-bond donors (Lipinski definition) is 2. The SMILES string of the molecule is CC(COCC(C)OC(=O)OCC(C)OC(C)(C)C(=O)OCCO)OC(=O)OCC(C)OC(C)(C)C(=O)OCCO. The van der Waals surface area contributed by atoms with Crippen molar-refractivity contribution in [3.05, 3.63) is 0 Å². The van der Waals surface area contributed by atoms with Crippen LogP contribution in [0, 0.1) is 0 Å². The lowest BCUT2D eigenvalue weighted by molar-refractivity contribution is -0.177. The molecule has 0 saturated carbocycles. The molecule has 0 saturated heterocycles. The zero-order chi connectivity index (χ0) is 31.6. The molecule has 0 amide bonds. The maximum atomic E-state index is 11.9. The van der Waals surface area contributed by atoms with Crippen molar-refractivity contribution < 1.29 is 72.0 Å². The van der Waals surface area contributed by atoms with Crippen LogP contribution in [0.5, 0.6) is 0 Å². The standard InChI is InChI=1S/C26H46O15/c1-17(38-23(31)36-15-19(3)40-25(5,6)21(29)34-11-9-27)13-33-14-18(2)39-24(32)37-16-20(4)41-26(7,8)22(30)35-12-10-28/h17-20,27-28H,9-16H2,1-8H3. The molecule has 41 heavy (non-hydrogen) atoms. The van der Waals surface area contributed by atoms with Gasteiger partial charge in [0.25, 0.3) is 0 Å². The molecular weight excluding hydrogens is 552 g/mol. The topological polar surface area (TPSA) is 192 Å². The number of rotatable bonds is 20. The highest BCUT2D eigenvalue weighted by molar-refractivity contribution is 5.79. The van der Waals surface area contributed by atoms with E-state index in [-0.39, 0.29) is 52.9 Å². The van der Waals surface area contributed by atoms with Crippen LogP contribution in [-0.2, 0) is 52.2 Å². The Balaban J connectivity index is 4.22. The molecule has 2 N–H and O–H groups in total. The average Bonchev–Trinajstić information content (AvgIpc) is 2.87. The van der Waals surface area contributed by atoms with Crippen molar-refractivity contribution >= 4 is 24.2 Å². The number of aliphatic hydroxyl groups is 2. The van der Waals surface area contributed by atoms with E-state index < -0.39 is 59.9 Å². The number of aliphatic hydroxyl groups excluding tert-OH is 2. The van der Waals surface area contributed by atoms with E-state index >= 15 is 0 Å². The van der Waals surface area contributed by atoms with E-state index in [1.807, 2.05) is 0 Å². The van der Waals surface area contributed by atoms with Gasteiger partial charge in [-0.05, 0) is 55.4 Å². The first-order valence-corrected chi connectivity index (χ1v) is 13.2. The maximum absolute atomic E-state index is 11.9. The van der Waals surface area contributed by atoms with Crippen LogP contribution in [0.1, 0.15) is 55.4 Å². The van der Waals surface area contributed by atoms with E-state index in [0.29, 0.717) is 0 Å². The molecule has 15 heteroatoms. The molecule has 0 aromatic carbocycles. The van der Waals surface area contributed by atoms with Crippen LogP contribution in [0.4, 0.5) is 9.59 Å². The normalized spacial score (nSPS) is 14.7. The lowest BCUT2D eigenvalue weighted by atomic mass is 10.1. The highest BCUT2D eigenvalue weighted by Crippen LogP contribution is 2.16. The van der Waals surface area contributed by atoms with E-state index in [9.17, 15) is 19.2 Å². The van der Waals surface area contributed by atoms with E-state index in [4.69, 9.17) is 52.8 Å². The fourth-order valence-electron chi connectivity index (χ4n) is 3.03. The summed E-state index contributed by atoms with van der Waals surface area (Å²) in [5.74, 6) is -1.33. The predicted octanol–water partition coefficient (Wildman–Crippen LogP) is 1.52. The van der Waals surface area contributed by atoms with Crippen LogP contribution < -0.4 is 0 Å². The predicted molar refractivity (Wildman–Crippen MR) is 140 cm³/mol. The molecule has 0 aliphatic heterocycles. The van der Waals surface area contributed by atoms with Gasteiger partial charge in [-0.15, -0.1) is 0 Å². The Bertz CT molecular complexity index is 734. The van der Waals surface area contributed by atoms with Crippen molar-refractivity contribution in [2.45, 2.75) is 91.0 Å². The second-order valence-electron chi connectivity index (χ2n) is 10.1. The minimum Gasteiger partial charge on any atom is -0.461 e. The van der Waals surface area contributed by atoms with Crippen LogP contribution in [-0.4, -0.2) is 123 Å². The maximum Gasteiger partial charge on any atom is 0.508 e. The Morgan fingerprint density at radius 2 is 0.902 bits per heavy atom. The average molecular weight is 599 g/mol. The summed E-state index contributed by atoms with van der Waals surface area (Å²) in [6.07, 6.45) is -4.62. The minimum absolute atomic E-state index is 0.0139. The summed E-state index contributed by atoms with van der Waals surface area (Å²) in [6.45, 7) is 11.0.